The van der Waals surface area contributed by atoms with Gasteiger partial charge in [0.15, 0.2) is 0 Å². The minimum Gasteiger partial charge on any atom is -0.444 e. The quantitative estimate of drug-likeness (QED) is 0.638. The highest BCUT2D eigenvalue weighted by Crippen LogP contribution is 2.34. The maximum absolute atomic E-state index is 14.9. The van der Waals surface area contributed by atoms with Crippen LogP contribution in [0.25, 0.3) is 22.3 Å². The summed E-state index contributed by atoms with van der Waals surface area (Å²) in [4.78, 5) is 21.3. The molecule has 0 bridgehead atoms. The van der Waals surface area contributed by atoms with Gasteiger partial charge in [0.25, 0.3) is 0 Å². The molecule has 3 rings (SSSR count). The first-order valence-corrected chi connectivity index (χ1v) is 9.69. The van der Waals surface area contributed by atoms with Crippen molar-refractivity contribution >= 4 is 17.1 Å². The van der Waals surface area contributed by atoms with Crippen LogP contribution < -0.4 is 5.32 Å². The van der Waals surface area contributed by atoms with E-state index in [1.54, 1.807) is 24.4 Å². The molecular formula is C22H27FN4O2. The van der Waals surface area contributed by atoms with Crippen LogP contribution in [0.4, 0.5) is 9.18 Å². The number of amides is 1. The van der Waals surface area contributed by atoms with Crippen molar-refractivity contribution in [3.63, 3.8) is 0 Å². The number of halogens is 1. The van der Waals surface area contributed by atoms with Gasteiger partial charge in [0.2, 0.25) is 0 Å². The molecule has 154 valence electrons. The third-order valence-electron chi connectivity index (χ3n) is 4.39. The van der Waals surface area contributed by atoms with Crippen LogP contribution in [0.15, 0.2) is 36.5 Å². The minimum absolute atomic E-state index is 0.0119. The molecule has 3 aromatic rings. The molecule has 2 aromatic heterocycles. The topological polar surface area (TPSA) is 69.0 Å². The highest BCUT2D eigenvalue weighted by molar-refractivity contribution is 5.92. The van der Waals surface area contributed by atoms with Gasteiger partial charge in [-0.2, -0.15) is 0 Å². The van der Waals surface area contributed by atoms with Crippen molar-refractivity contribution in [3.05, 3.63) is 48.2 Å². The molecule has 0 spiro atoms. The van der Waals surface area contributed by atoms with E-state index < -0.39 is 17.7 Å². The van der Waals surface area contributed by atoms with Gasteiger partial charge in [-0.25, -0.2) is 14.2 Å². The summed E-state index contributed by atoms with van der Waals surface area (Å²) in [5.74, 6) is 0.265. The Balaban J connectivity index is 2.13. The van der Waals surface area contributed by atoms with Crippen molar-refractivity contribution in [3.8, 4) is 11.3 Å². The number of benzene rings is 1. The fourth-order valence-corrected chi connectivity index (χ4v) is 3.31. The molecule has 7 heteroatoms. The summed E-state index contributed by atoms with van der Waals surface area (Å²) in [6, 6.07) is 8.00. The van der Waals surface area contributed by atoms with Gasteiger partial charge in [-0.1, -0.05) is 6.07 Å². The molecule has 1 N–H and O–H groups in total. The lowest BCUT2D eigenvalue weighted by molar-refractivity contribution is 0.0504. The lowest BCUT2D eigenvalue weighted by atomic mass is 10.1. The molecule has 1 aromatic carbocycles. The van der Waals surface area contributed by atoms with Gasteiger partial charge in [0.05, 0.1) is 28.3 Å². The van der Waals surface area contributed by atoms with Gasteiger partial charge in [0, 0.05) is 12.2 Å². The lowest BCUT2D eigenvalue weighted by Gasteiger charge is -2.23. The Morgan fingerprint density at radius 2 is 1.90 bits per heavy atom. The molecule has 1 amide bonds. The van der Waals surface area contributed by atoms with Crippen LogP contribution in [0.2, 0.25) is 0 Å². The number of alkyl carbamates (subject to hydrolysis) is 1. The Morgan fingerprint density at radius 3 is 2.48 bits per heavy atom. The molecule has 0 saturated carbocycles. The first-order chi connectivity index (χ1) is 13.6. The number of aromatic nitrogens is 3. The highest BCUT2D eigenvalue weighted by Gasteiger charge is 2.25. The molecule has 0 saturated heterocycles. The Bertz CT molecular complexity index is 1020. The van der Waals surface area contributed by atoms with E-state index in [0.717, 1.165) is 0 Å². The zero-order valence-corrected chi connectivity index (χ0v) is 17.7. The summed E-state index contributed by atoms with van der Waals surface area (Å²) < 4.78 is 22.2. The second kappa shape index (κ2) is 7.81. The van der Waals surface area contributed by atoms with Crippen LogP contribution in [-0.4, -0.2) is 26.2 Å². The number of carbonyl (C=O) groups excluding carboxylic acids is 1. The second-order valence-electron chi connectivity index (χ2n) is 8.31. The maximum Gasteiger partial charge on any atom is 0.408 e. The molecule has 0 aliphatic rings. The Labute approximate surface area is 170 Å². The number of pyridine rings is 1. The number of imidazole rings is 1. The third kappa shape index (κ3) is 4.39. The molecule has 2 heterocycles. The summed E-state index contributed by atoms with van der Waals surface area (Å²) in [7, 11) is 0. The number of nitrogens with one attached hydrogen (secondary N) is 1. The zero-order chi connectivity index (χ0) is 21.3. The Kier molecular flexibility index (Phi) is 5.59. The molecule has 6 nitrogen and oxygen atoms in total. The van der Waals surface area contributed by atoms with Gasteiger partial charge < -0.3 is 14.6 Å². The maximum atomic E-state index is 14.9. The number of fused-ring (bicyclic) bond motifs is 1. The highest BCUT2D eigenvalue weighted by atomic mass is 19.1. The number of ether oxygens (including phenoxy) is 1. The predicted molar refractivity (Wildman–Crippen MR) is 111 cm³/mol. The van der Waals surface area contributed by atoms with E-state index in [4.69, 9.17) is 9.72 Å². The number of nitrogens with zero attached hydrogens (tertiary/aromatic N) is 3. The molecule has 0 aliphatic carbocycles. The SMILES string of the molecule is CC(C)n1c([C@H](C)NC(=O)OC(C)(C)C)nc2ccc(F)c(-c3ccccn3)c21. The fourth-order valence-electron chi connectivity index (χ4n) is 3.31. The van der Waals surface area contributed by atoms with Crippen LogP contribution in [0.3, 0.4) is 0 Å². The summed E-state index contributed by atoms with van der Waals surface area (Å²) in [5.41, 5.74) is 1.65. The second-order valence-corrected chi connectivity index (χ2v) is 8.31. The standard InChI is InChI=1S/C22H27FN4O2/c1-13(2)27-19-17(11-10-15(23)18(19)16-9-7-8-12-24-16)26-20(27)14(3)25-21(28)29-22(4,5)6/h7-14H,1-6H3,(H,25,28)/t14-/m0/s1. The number of carbonyl (C=O) groups is 1. The molecule has 0 radical (unpaired) electrons. The minimum atomic E-state index is -0.600. The fraction of sp³-hybridized carbons (Fsp3) is 0.409. The number of hydrogen-bond donors (Lipinski definition) is 1. The predicted octanol–water partition coefficient (Wildman–Crippen LogP) is 5.40. The summed E-state index contributed by atoms with van der Waals surface area (Å²) >= 11 is 0. The third-order valence-corrected chi connectivity index (χ3v) is 4.39. The average Bonchev–Trinajstić information content (AvgIpc) is 3.00. The van der Waals surface area contributed by atoms with Crippen LogP contribution in [-0.2, 0) is 4.74 Å². The molecule has 1 atom stereocenters. The first kappa shape index (κ1) is 20.8. The summed E-state index contributed by atoms with van der Waals surface area (Å²) in [6.45, 7) is 11.3. The summed E-state index contributed by atoms with van der Waals surface area (Å²) in [6.07, 6.45) is 1.11. The van der Waals surface area contributed by atoms with Crippen LogP contribution in [0, 0.1) is 5.82 Å². The molecule has 0 fully saturated rings. The lowest BCUT2D eigenvalue weighted by Crippen LogP contribution is -2.35. The van der Waals surface area contributed by atoms with Crippen molar-refractivity contribution in [2.75, 3.05) is 0 Å². The monoisotopic (exact) mass is 398 g/mol. The Morgan fingerprint density at radius 1 is 1.17 bits per heavy atom. The van der Waals surface area contributed by atoms with Gasteiger partial charge in [0.1, 0.15) is 17.2 Å². The number of rotatable bonds is 4. The van der Waals surface area contributed by atoms with E-state index in [-0.39, 0.29) is 11.9 Å². The van der Waals surface area contributed by atoms with Crippen LogP contribution in [0.5, 0.6) is 0 Å². The smallest absolute Gasteiger partial charge is 0.408 e. The van der Waals surface area contributed by atoms with Crippen LogP contribution >= 0.6 is 0 Å². The van der Waals surface area contributed by atoms with E-state index >= 15 is 0 Å². The van der Waals surface area contributed by atoms with E-state index in [1.807, 2.05) is 52.2 Å². The molecular weight excluding hydrogens is 371 g/mol. The largest absolute Gasteiger partial charge is 0.444 e. The van der Waals surface area contributed by atoms with Crippen molar-refractivity contribution in [1.82, 2.24) is 19.9 Å². The van der Waals surface area contributed by atoms with Crippen molar-refractivity contribution in [1.29, 1.82) is 0 Å². The van der Waals surface area contributed by atoms with Crippen LogP contribution in [0.1, 0.15) is 59.5 Å². The normalized spacial score (nSPS) is 13.0. The summed E-state index contributed by atoms with van der Waals surface area (Å²) in [5, 5.41) is 2.83. The van der Waals surface area contributed by atoms with Gasteiger partial charge in [-0.3, -0.25) is 4.98 Å². The average molecular weight is 398 g/mol. The molecule has 0 unspecified atom stereocenters. The van der Waals surface area contributed by atoms with E-state index in [1.165, 1.54) is 6.07 Å². The van der Waals surface area contributed by atoms with Crippen molar-refractivity contribution in [2.45, 2.75) is 59.2 Å². The van der Waals surface area contributed by atoms with Crippen molar-refractivity contribution < 1.29 is 13.9 Å². The van der Waals surface area contributed by atoms with Crippen molar-refractivity contribution in [2.24, 2.45) is 0 Å². The Hall–Kier alpha value is -2.96. The van der Waals surface area contributed by atoms with E-state index in [9.17, 15) is 9.18 Å². The van der Waals surface area contributed by atoms with Gasteiger partial charge >= 0.3 is 6.09 Å². The van der Waals surface area contributed by atoms with E-state index in [0.29, 0.717) is 28.1 Å². The van der Waals surface area contributed by atoms with Gasteiger partial charge in [-0.05, 0) is 65.8 Å². The van der Waals surface area contributed by atoms with E-state index in [2.05, 4.69) is 10.3 Å². The molecule has 29 heavy (non-hydrogen) atoms. The van der Waals surface area contributed by atoms with Gasteiger partial charge in [-0.15, -0.1) is 0 Å². The first-order valence-electron chi connectivity index (χ1n) is 9.69. The molecule has 0 aliphatic heterocycles. The number of hydrogen-bond acceptors (Lipinski definition) is 4. The zero-order valence-electron chi connectivity index (χ0n) is 17.7.